The number of ether oxygens (including phenoxy) is 4. The second-order valence-electron chi connectivity index (χ2n) is 15.3. The number of ketones is 1. The number of rotatable bonds is 27. The van der Waals surface area contributed by atoms with E-state index in [9.17, 15) is 9.59 Å². The van der Waals surface area contributed by atoms with Crippen LogP contribution in [0.5, 0.6) is 11.5 Å². The molecule has 6 nitrogen and oxygen atoms in total. The summed E-state index contributed by atoms with van der Waals surface area (Å²) in [5.41, 5.74) is 4.21. The Balaban J connectivity index is 0. The molecule has 328 valence electrons. The van der Waals surface area contributed by atoms with Crippen LogP contribution >= 0.6 is 0 Å². The van der Waals surface area contributed by atoms with E-state index in [1.54, 1.807) is 0 Å². The molecule has 0 N–H and O–H groups in total. The predicted molar refractivity (Wildman–Crippen MR) is 245 cm³/mol. The van der Waals surface area contributed by atoms with Crippen molar-refractivity contribution >= 4 is 34.8 Å². The second-order valence-corrected chi connectivity index (χ2v) is 15.3. The first kappa shape index (κ1) is 58.7. The number of hydrogen-bond donors (Lipinski definition) is 0. The quantitative estimate of drug-likeness (QED) is 0.0432. The first-order chi connectivity index (χ1) is 27.7. The molecule has 3 aromatic rings. The molecule has 0 bridgehead atoms. The minimum absolute atomic E-state index is 0. The fraction of sp³-hybridized carbons (Fsp3) is 0.588. The zero-order chi connectivity index (χ0) is 42.1. The van der Waals surface area contributed by atoms with Gasteiger partial charge in [0.25, 0.3) is 0 Å². The van der Waals surface area contributed by atoms with Crippen molar-refractivity contribution in [1.82, 2.24) is 0 Å². The molecule has 0 fully saturated rings. The third-order valence-corrected chi connectivity index (χ3v) is 10.1. The van der Waals surface area contributed by atoms with Crippen LogP contribution in [-0.2, 0) is 44.9 Å². The summed E-state index contributed by atoms with van der Waals surface area (Å²) in [6.45, 7) is 19.5. The molecule has 0 spiro atoms. The van der Waals surface area contributed by atoms with Gasteiger partial charge in [0.05, 0.1) is 39.5 Å². The third-order valence-electron chi connectivity index (χ3n) is 10.1. The Morgan fingerprint density at radius 3 is 1.31 bits per heavy atom. The average Bonchev–Trinajstić information content (AvgIpc) is 3.23. The summed E-state index contributed by atoms with van der Waals surface area (Å²) < 4.78 is 22.5. The standard InChI is InChI=1S/C31H46O3.C17H26O3.C3H7.BrH.Mg/c1-5-9-11-25(7-3)23-34-31-19-17-27(18-20-31)22-29(32)21-26-13-15-28(16-14-26)24-33-30(8-4)12-10-6-2;1-4-6-7-14(5-2)13-20-16-10-8-15(9-11-16)12-17(18)19-3;1-3-2;;/h13-20,25,30H,5-12,21-24H2,1-4H3;8-11,14H,4-7,12-13H2,1-3H3;3H,1-2H3;1H;/q;;-1;;+2/p-1. The summed E-state index contributed by atoms with van der Waals surface area (Å²) in [6.07, 6.45) is 17.9. The Morgan fingerprint density at radius 2 is 0.932 bits per heavy atom. The van der Waals surface area contributed by atoms with Crippen LogP contribution in [0.25, 0.3) is 0 Å². The van der Waals surface area contributed by atoms with Gasteiger partial charge < -0.3 is 42.3 Å². The molecule has 59 heavy (non-hydrogen) atoms. The van der Waals surface area contributed by atoms with E-state index in [2.05, 4.69) is 70.5 Å². The average molecular weight is 892 g/mol. The van der Waals surface area contributed by atoms with Crippen LogP contribution in [0.15, 0.2) is 72.8 Å². The van der Waals surface area contributed by atoms with Crippen molar-refractivity contribution in [2.24, 2.45) is 11.8 Å². The summed E-state index contributed by atoms with van der Waals surface area (Å²) >= 11 is 0. The maximum absolute atomic E-state index is 12.6. The molecule has 0 aliphatic rings. The number of esters is 1. The van der Waals surface area contributed by atoms with Gasteiger partial charge in [0, 0.05) is 12.8 Å². The number of benzene rings is 3. The molecule has 3 atom stereocenters. The number of methoxy groups -OCH3 is 1. The topological polar surface area (TPSA) is 71.1 Å². The smallest absolute Gasteiger partial charge is 1.00 e. The van der Waals surface area contributed by atoms with E-state index in [1.807, 2.05) is 68.8 Å². The molecule has 0 radical (unpaired) electrons. The molecule has 3 unspecified atom stereocenters. The fourth-order valence-corrected chi connectivity index (χ4v) is 6.19. The van der Waals surface area contributed by atoms with Gasteiger partial charge >= 0.3 is 29.0 Å². The Kier molecular flexibility index (Phi) is 38.3. The van der Waals surface area contributed by atoms with Crippen LogP contribution in [0.1, 0.15) is 155 Å². The van der Waals surface area contributed by atoms with Crippen molar-refractivity contribution in [3.8, 4) is 11.5 Å². The number of unbranched alkanes of at least 4 members (excludes halogenated alkanes) is 3. The van der Waals surface area contributed by atoms with Crippen molar-refractivity contribution in [2.75, 3.05) is 20.3 Å². The third kappa shape index (κ3) is 28.7. The Labute approximate surface area is 387 Å². The molecule has 3 rings (SSSR count). The van der Waals surface area contributed by atoms with Crippen molar-refractivity contribution < 1.29 is 45.5 Å². The van der Waals surface area contributed by atoms with Gasteiger partial charge in [-0.05, 0) is 84.0 Å². The molecule has 0 saturated carbocycles. The predicted octanol–water partition coefficient (Wildman–Crippen LogP) is 9.97. The Hall–Kier alpha value is -2.39. The van der Waals surface area contributed by atoms with Gasteiger partial charge in [-0.15, -0.1) is 0 Å². The number of halogens is 1. The summed E-state index contributed by atoms with van der Waals surface area (Å²) in [5, 5.41) is 0. The van der Waals surface area contributed by atoms with Crippen molar-refractivity contribution in [3.63, 3.8) is 0 Å². The van der Waals surface area contributed by atoms with E-state index in [4.69, 9.17) is 14.2 Å². The minimum Gasteiger partial charge on any atom is -1.00 e. The van der Waals surface area contributed by atoms with Gasteiger partial charge in [-0.1, -0.05) is 141 Å². The van der Waals surface area contributed by atoms with Crippen LogP contribution in [0.3, 0.4) is 0 Å². The Morgan fingerprint density at radius 1 is 0.559 bits per heavy atom. The van der Waals surface area contributed by atoms with E-state index < -0.39 is 0 Å². The van der Waals surface area contributed by atoms with Gasteiger partial charge in [0.15, 0.2) is 0 Å². The monoisotopic (exact) mass is 890 g/mol. The molecule has 0 aliphatic heterocycles. The number of carbonyl (C=O) groups excluding carboxylic acids is 2. The van der Waals surface area contributed by atoms with Crippen molar-refractivity contribution in [1.29, 1.82) is 0 Å². The van der Waals surface area contributed by atoms with Gasteiger partial charge in [0.2, 0.25) is 0 Å². The van der Waals surface area contributed by atoms with E-state index in [1.165, 1.54) is 64.0 Å². The van der Waals surface area contributed by atoms with E-state index in [-0.39, 0.29) is 51.8 Å². The summed E-state index contributed by atoms with van der Waals surface area (Å²) in [7, 11) is 1.40. The molecule has 0 heterocycles. The van der Waals surface area contributed by atoms with Crippen molar-refractivity contribution in [2.45, 2.75) is 164 Å². The molecular weight excluding hydrogens is 813 g/mol. The number of carbonyl (C=O) groups is 2. The zero-order valence-corrected chi connectivity index (χ0v) is 41.5. The van der Waals surface area contributed by atoms with Gasteiger partial charge in [-0.2, -0.15) is 13.8 Å². The first-order valence-electron chi connectivity index (χ1n) is 22.1. The minimum atomic E-state index is -0.218. The summed E-state index contributed by atoms with van der Waals surface area (Å²) in [4.78, 5) is 23.8. The van der Waals surface area contributed by atoms with E-state index in [0.29, 0.717) is 43.8 Å². The van der Waals surface area contributed by atoms with Crippen LogP contribution in [0.4, 0.5) is 0 Å². The van der Waals surface area contributed by atoms with Crippen LogP contribution in [0.2, 0.25) is 0 Å². The van der Waals surface area contributed by atoms with Crippen molar-refractivity contribution in [3.05, 3.63) is 101 Å². The second kappa shape index (κ2) is 38.5. The fourth-order valence-electron chi connectivity index (χ4n) is 6.19. The van der Waals surface area contributed by atoms with Gasteiger partial charge in [-0.25, -0.2) is 0 Å². The van der Waals surface area contributed by atoms with Gasteiger partial charge in [-0.3, -0.25) is 9.59 Å². The molecule has 8 heteroatoms. The molecule has 0 aliphatic carbocycles. The SMILES string of the molecule is CCCCC(CC)COc1ccc(CC(=O)Cc2ccc(COC(CC)CCCC)cc2)cc1.CCCCC(CC)COc1ccc(CC(=O)OC)cc1.C[CH-]C.[Br-].[Mg+2]. The summed E-state index contributed by atoms with van der Waals surface area (Å²) in [6, 6.07) is 24.0. The molecule has 0 amide bonds. The van der Waals surface area contributed by atoms with Crippen LogP contribution in [-0.4, -0.2) is 61.2 Å². The number of hydrogen-bond acceptors (Lipinski definition) is 6. The maximum atomic E-state index is 12.6. The van der Waals surface area contributed by atoms with E-state index in [0.717, 1.165) is 67.1 Å². The molecular formula is C51H79BrMgO6. The van der Waals surface area contributed by atoms with E-state index >= 15 is 0 Å². The van der Waals surface area contributed by atoms with Crippen LogP contribution in [0, 0.1) is 18.3 Å². The van der Waals surface area contributed by atoms with Crippen LogP contribution < -0.4 is 26.5 Å². The number of Topliss-reactive ketones (excluding diaryl/α,β-unsaturated/α-hetero) is 1. The molecule has 0 aromatic heterocycles. The molecule has 0 saturated heterocycles. The maximum Gasteiger partial charge on any atom is 2.00 e. The Bertz CT molecular complexity index is 1350. The molecule has 3 aromatic carbocycles. The largest absolute Gasteiger partial charge is 2.00 e. The zero-order valence-electron chi connectivity index (χ0n) is 38.5. The summed E-state index contributed by atoms with van der Waals surface area (Å²) in [5.74, 6) is 3.02. The first-order valence-corrected chi connectivity index (χ1v) is 22.1. The normalized spacial score (nSPS) is 11.8. The van der Waals surface area contributed by atoms with Gasteiger partial charge in [0.1, 0.15) is 17.3 Å².